The first-order valence-corrected chi connectivity index (χ1v) is 9.94. The first-order valence-electron chi connectivity index (χ1n) is 8.95. The first kappa shape index (κ1) is 18.0. The molecule has 2 heterocycles. The molecule has 26 heavy (non-hydrogen) atoms. The highest BCUT2D eigenvalue weighted by Crippen LogP contribution is 2.48. The third-order valence-corrected chi connectivity index (χ3v) is 6.86. The summed E-state index contributed by atoms with van der Waals surface area (Å²) in [4.78, 5) is 4.12. The van der Waals surface area contributed by atoms with Crippen molar-refractivity contribution < 1.29 is 17.9 Å². The average Bonchev–Trinajstić information content (AvgIpc) is 3.25. The van der Waals surface area contributed by atoms with Crippen molar-refractivity contribution in [1.82, 2.24) is 15.8 Å². The molecule has 1 saturated heterocycles. The third-order valence-electron chi connectivity index (χ3n) is 5.31. The molecule has 0 amide bonds. The molecule has 1 aromatic carbocycles. The molecule has 2 atom stereocenters. The van der Waals surface area contributed by atoms with Crippen LogP contribution in [0.2, 0.25) is 0 Å². The van der Waals surface area contributed by atoms with Gasteiger partial charge >= 0.3 is 0 Å². The van der Waals surface area contributed by atoms with Gasteiger partial charge in [-0.05, 0) is 37.3 Å². The summed E-state index contributed by atoms with van der Waals surface area (Å²) in [5.41, 5.74) is 7.87. The average molecular weight is 383 g/mol. The number of halogens is 2. The summed E-state index contributed by atoms with van der Waals surface area (Å²) in [6.45, 7) is 0.778. The monoisotopic (exact) mass is 383 g/mol. The number of hydrazine groups is 1. The maximum Gasteiger partial charge on any atom is 0.248 e. The molecular formula is C18H23F2N3O2S. The number of aromatic nitrogens is 1. The maximum atomic E-state index is 14.0. The van der Waals surface area contributed by atoms with Gasteiger partial charge < -0.3 is 9.15 Å². The largest absolute Gasteiger partial charge is 0.497 e. The Bertz CT molecular complexity index is 777. The van der Waals surface area contributed by atoms with E-state index in [1.807, 2.05) is 18.2 Å². The van der Waals surface area contributed by atoms with Gasteiger partial charge in [-0.25, -0.2) is 19.2 Å². The molecule has 2 fully saturated rings. The SMILES string of the molecule is COc1ccc2oc(CSC3(C4CCCC(F)(F)C4)CCNN3)nc2c1. The van der Waals surface area contributed by atoms with Crippen molar-refractivity contribution in [2.24, 2.45) is 5.92 Å². The number of ether oxygens (including phenoxy) is 1. The number of oxazole rings is 1. The fraction of sp³-hybridized carbons (Fsp3) is 0.611. The minimum atomic E-state index is -2.56. The predicted molar refractivity (Wildman–Crippen MR) is 97.2 cm³/mol. The van der Waals surface area contributed by atoms with E-state index in [4.69, 9.17) is 9.15 Å². The second-order valence-corrected chi connectivity index (χ2v) is 8.38. The van der Waals surface area contributed by atoms with Gasteiger partial charge in [0.1, 0.15) is 11.3 Å². The van der Waals surface area contributed by atoms with Crippen LogP contribution >= 0.6 is 11.8 Å². The van der Waals surface area contributed by atoms with E-state index in [0.29, 0.717) is 23.6 Å². The second kappa shape index (κ2) is 6.98. The summed E-state index contributed by atoms with van der Waals surface area (Å²) in [6, 6.07) is 5.50. The summed E-state index contributed by atoms with van der Waals surface area (Å²) in [7, 11) is 1.61. The molecule has 1 aliphatic heterocycles. The van der Waals surface area contributed by atoms with Crippen molar-refractivity contribution >= 4 is 22.9 Å². The van der Waals surface area contributed by atoms with Gasteiger partial charge in [-0.2, -0.15) is 0 Å². The van der Waals surface area contributed by atoms with Gasteiger partial charge in [0.05, 0.1) is 17.7 Å². The Balaban J connectivity index is 1.50. The van der Waals surface area contributed by atoms with Crippen molar-refractivity contribution in [3.05, 3.63) is 24.1 Å². The van der Waals surface area contributed by atoms with E-state index in [0.717, 1.165) is 30.7 Å². The van der Waals surface area contributed by atoms with Gasteiger partial charge in [0.25, 0.3) is 0 Å². The van der Waals surface area contributed by atoms with Crippen LogP contribution < -0.4 is 15.6 Å². The zero-order chi connectivity index (χ0) is 18.2. The predicted octanol–water partition coefficient (Wildman–Crippen LogP) is 4.09. The van der Waals surface area contributed by atoms with Gasteiger partial charge in [-0.3, -0.25) is 5.43 Å². The molecule has 4 rings (SSSR count). The quantitative estimate of drug-likeness (QED) is 0.811. The summed E-state index contributed by atoms with van der Waals surface area (Å²) in [5, 5.41) is 0. The Morgan fingerprint density at radius 3 is 3.00 bits per heavy atom. The molecule has 0 radical (unpaired) electrons. The minimum Gasteiger partial charge on any atom is -0.497 e. The molecule has 1 saturated carbocycles. The smallest absolute Gasteiger partial charge is 0.248 e. The third kappa shape index (κ3) is 3.54. The van der Waals surface area contributed by atoms with Crippen LogP contribution in [0, 0.1) is 5.92 Å². The van der Waals surface area contributed by atoms with Crippen LogP contribution in [0.1, 0.15) is 38.0 Å². The lowest BCUT2D eigenvalue weighted by molar-refractivity contribution is -0.0599. The maximum absolute atomic E-state index is 14.0. The molecule has 142 valence electrons. The van der Waals surface area contributed by atoms with Gasteiger partial charge in [-0.1, -0.05) is 0 Å². The Hall–Kier alpha value is -1.38. The molecule has 0 spiro atoms. The van der Waals surface area contributed by atoms with Gasteiger partial charge in [-0.15, -0.1) is 11.8 Å². The molecule has 8 heteroatoms. The summed E-state index contributed by atoms with van der Waals surface area (Å²) in [5.74, 6) is -0.764. The van der Waals surface area contributed by atoms with Crippen LogP contribution in [-0.2, 0) is 5.75 Å². The topological polar surface area (TPSA) is 59.3 Å². The van der Waals surface area contributed by atoms with Crippen LogP contribution in [0.3, 0.4) is 0 Å². The van der Waals surface area contributed by atoms with Crippen molar-refractivity contribution in [3.8, 4) is 5.75 Å². The zero-order valence-corrected chi connectivity index (χ0v) is 15.5. The molecule has 0 bridgehead atoms. The fourth-order valence-corrected chi connectivity index (χ4v) is 5.29. The molecular weight excluding hydrogens is 360 g/mol. The van der Waals surface area contributed by atoms with Crippen LogP contribution in [0.4, 0.5) is 8.78 Å². The summed E-state index contributed by atoms with van der Waals surface area (Å²) in [6.07, 6.45) is 2.16. The highest BCUT2D eigenvalue weighted by molar-refractivity contribution is 7.99. The van der Waals surface area contributed by atoms with Crippen molar-refractivity contribution in [1.29, 1.82) is 0 Å². The number of alkyl halides is 2. The highest BCUT2D eigenvalue weighted by Gasteiger charge is 2.48. The van der Waals surface area contributed by atoms with E-state index in [1.54, 1.807) is 18.9 Å². The van der Waals surface area contributed by atoms with Crippen LogP contribution in [0.25, 0.3) is 11.1 Å². The van der Waals surface area contributed by atoms with E-state index in [1.165, 1.54) is 0 Å². The molecule has 1 aromatic heterocycles. The van der Waals surface area contributed by atoms with Crippen molar-refractivity contribution in [2.75, 3.05) is 13.7 Å². The Kier molecular flexibility index (Phi) is 4.83. The van der Waals surface area contributed by atoms with E-state index >= 15 is 0 Å². The second-order valence-electron chi connectivity index (χ2n) is 7.07. The van der Waals surface area contributed by atoms with E-state index in [2.05, 4.69) is 15.8 Å². The lowest BCUT2D eigenvalue weighted by Gasteiger charge is -2.41. The lowest BCUT2D eigenvalue weighted by Crippen LogP contribution is -2.50. The standard InChI is InChI=1S/C18H23F2N3O2S/c1-24-13-4-5-15-14(9-13)22-16(25-15)11-26-18(7-8-21-23-18)12-3-2-6-17(19,20)10-12/h4-5,9,12,21,23H,2-3,6-8,10-11H2,1H3. The fourth-order valence-electron chi connectivity index (χ4n) is 3.96. The van der Waals surface area contributed by atoms with Crippen molar-refractivity contribution in [3.63, 3.8) is 0 Å². The van der Waals surface area contributed by atoms with Crippen LogP contribution in [0.5, 0.6) is 5.75 Å². The Morgan fingerprint density at radius 1 is 1.38 bits per heavy atom. The minimum absolute atomic E-state index is 0.00460. The van der Waals surface area contributed by atoms with Gasteiger partial charge in [0, 0.05) is 25.5 Å². The number of nitrogens with zero attached hydrogens (tertiary/aromatic N) is 1. The normalized spacial score (nSPS) is 28.5. The summed E-state index contributed by atoms with van der Waals surface area (Å²) < 4.78 is 38.9. The van der Waals surface area contributed by atoms with E-state index in [-0.39, 0.29) is 18.8 Å². The lowest BCUT2D eigenvalue weighted by atomic mass is 9.81. The zero-order valence-electron chi connectivity index (χ0n) is 14.7. The molecule has 2 aromatic rings. The highest BCUT2D eigenvalue weighted by atomic mass is 32.2. The number of methoxy groups -OCH3 is 1. The van der Waals surface area contributed by atoms with Crippen LogP contribution in [-0.4, -0.2) is 29.4 Å². The Morgan fingerprint density at radius 2 is 2.27 bits per heavy atom. The number of benzene rings is 1. The number of rotatable bonds is 5. The van der Waals surface area contributed by atoms with Crippen molar-refractivity contribution in [2.45, 2.75) is 48.7 Å². The number of fused-ring (bicyclic) bond motifs is 1. The molecule has 2 N–H and O–H groups in total. The number of hydrogen-bond acceptors (Lipinski definition) is 6. The first-order chi connectivity index (χ1) is 12.5. The van der Waals surface area contributed by atoms with Gasteiger partial charge in [0.2, 0.25) is 11.8 Å². The number of nitrogens with one attached hydrogen (secondary N) is 2. The number of hydrogen-bond donors (Lipinski definition) is 2. The van der Waals surface area contributed by atoms with E-state index < -0.39 is 10.8 Å². The van der Waals surface area contributed by atoms with E-state index in [9.17, 15) is 8.78 Å². The van der Waals surface area contributed by atoms with Crippen LogP contribution in [0.15, 0.2) is 22.6 Å². The number of thioether (sulfide) groups is 1. The molecule has 5 nitrogen and oxygen atoms in total. The molecule has 1 aliphatic carbocycles. The molecule has 2 aliphatic rings. The molecule has 2 unspecified atom stereocenters. The Labute approximate surface area is 155 Å². The summed E-state index contributed by atoms with van der Waals surface area (Å²) >= 11 is 1.62. The van der Waals surface area contributed by atoms with Gasteiger partial charge in [0.15, 0.2) is 5.58 Å².